The Morgan fingerprint density at radius 1 is 1.03 bits per heavy atom. The fourth-order valence-corrected chi connectivity index (χ4v) is 5.61. The normalized spacial score (nSPS) is 14.5. The van der Waals surface area contributed by atoms with Crippen molar-refractivity contribution in [2.45, 2.75) is 38.0 Å². The summed E-state index contributed by atoms with van der Waals surface area (Å²) in [7, 11) is -3.65. The Balaban J connectivity index is 1.62. The Morgan fingerprint density at radius 3 is 2.44 bits per heavy atom. The van der Waals surface area contributed by atoms with Gasteiger partial charge in [0.25, 0.3) is 5.91 Å². The lowest BCUT2D eigenvalue weighted by Crippen LogP contribution is -2.35. The van der Waals surface area contributed by atoms with Crippen LogP contribution in [0.15, 0.2) is 65.6 Å². The van der Waals surface area contributed by atoms with Crippen LogP contribution < -0.4 is 10.1 Å². The summed E-state index contributed by atoms with van der Waals surface area (Å²) in [5.74, 6) is 0.0399. The summed E-state index contributed by atoms with van der Waals surface area (Å²) in [4.78, 5) is 17.9. The van der Waals surface area contributed by atoms with E-state index in [1.54, 1.807) is 25.1 Å². The number of ether oxygens (including phenoxy) is 1. The van der Waals surface area contributed by atoms with Crippen molar-refractivity contribution in [1.29, 1.82) is 0 Å². The third-order valence-electron chi connectivity index (χ3n) is 5.85. The van der Waals surface area contributed by atoms with Crippen LogP contribution in [0, 0.1) is 6.92 Å². The number of hydrogen-bond acceptors (Lipinski definition) is 5. The van der Waals surface area contributed by atoms with E-state index in [9.17, 15) is 13.2 Å². The highest BCUT2D eigenvalue weighted by molar-refractivity contribution is 7.89. The smallest absolute Gasteiger partial charge is 0.257 e. The molecule has 1 amide bonds. The van der Waals surface area contributed by atoms with Gasteiger partial charge in [-0.2, -0.15) is 4.31 Å². The molecule has 1 saturated heterocycles. The van der Waals surface area contributed by atoms with Crippen LogP contribution in [0.2, 0.25) is 0 Å². The summed E-state index contributed by atoms with van der Waals surface area (Å²) < 4.78 is 33.5. The van der Waals surface area contributed by atoms with Gasteiger partial charge in [-0.05, 0) is 57.0 Å². The molecule has 7 nitrogen and oxygen atoms in total. The minimum atomic E-state index is -3.65. The first-order chi connectivity index (χ1) is 16.4. The second-order valence-corrected chi connectivity index (χ2v) is 10.1. The summed E-state index contributed by atoms with van der Waals surface area (Å²) in [5.41, 5.74) is 3.04. The lowest BCUT2D eigenvalue weighted by Gasteiger charge is -2.26. The van der Waals surface area contributed by atoms with E-state index in [4.69, 9.17) is 4.74 Å². The van der Waals surface area contributed by atoms with Crippen molar-refractivity contribution in [2.24, 2.45) is 0 Å². The molecule has 1 fully saturated rings. The minimum absolute atomic E-state index is 0.141. The lowest BCUT2D eigenvalue weighted by atomic mass is 10.1. The van der Waals surface area contributed by atoms with Gasteiger partial charge in [-0.3, -0.25) is 9.78 Å². The first kappa shape index (κ1) is 23.9. The zero-order valence-electron chi connectivity index (χ0n) is 19.5. The molecule has 1 aliphatic heterocycles. The SMILES string of the molecule is CCOc1ccc(S(=O)(=O)N2CCCCC2)cc1NC(=O)c1ccc(-c2ccccc2)nc1C. The summed E-state index contributed by atoms with van der Waals surface area (Å²) in [6.45, 7) is 5.02. The Labute approximate surface area is 200 Å². The minimum Gasteiger partial charge on any atom is -0.492 e. The highest BCUT2D eigenvalue weighted by atomic mass is 32.2. The number of anilines is 1. The van der Waals surface area contributed by atoms with E-state index in [1.165, 1.54) is 16.4 Å². The summed E-state index contributed by atoms with van der Waals surface area (Å²) in [6.07, 6.45) is 2.74. The molecule has 2 heterocycles. The fourth-order valence-electron chi connectivity index (χ4n) is 4.06. The number of amides is 1. The van der Waals surface area contributed by atoms with Gasteiger partial charge < -0.3 is 10.1 Å². The first-order valence-corrected chi connectivity index (χ1v) is 13.0. The average Bonchev–Trinajstić information content (AvgIpc) is 2.86. The standard InChI is InChI=1S/C26H29N3O4S/c1-3-33-25-15-12-21(34(31,32)29-16-8-5-9-17-29)18-24(25)28-26(30)22-13-14-23(27-19(22)2)20-10-6-4-7-11-20/h4,6-7,10-15,18H,3,5,8-9,16-17H2,1-2H3,(H,28,30). The molecule has 0 saturated carbocycles. The Bertz CT molecular complexity index is 1270. The molecule has 1 aliphatic rings. The van der Waals surface area contributed by atoms with Crippen molar-refractivity contribution < 1.29 is 17.9 Å². The number of hydrogen-bond donors (Lipinski definition) is 1. The van der Waals surface area contributed by atoms with Crippen LogP contribution in [0.1, 0.15) is 42.2 Å². The van der Waals surface area contributed by atoms with E-state index in [-0.39, 0.29) is 10.8 Å². The number of carbonyl (C=O) groups excluding carboxylic acids is 1. The van der Waals surface area contributed by atoms with Gasteiger partial charge in [0.15, 0.2) is 0 Å². The maximum absolute atomic E-state index is 13.2. The monoisotopic (exact) mass is 479 g/mol. The molecule has 8 heteroatoms. The van der Waals surface area contributed by atoms with Crippen molar-refractivity contribution in [2.75, 3.05) is 25.0 Å². The highest BCUT2D eigenvalue weighted by Crippen LogP contribution is 2.31. The van der Waals surface area contributed by atoms with Crippen molar-refractivity contribution in [3.63, 3.8) is 0 Å². The van der Waals surface area contributed by atoms with E-state index >= 15 is 0 Å². The average molecular weight is 480 g/mol. The number of piperidine rings is 1. The number of nitrogens with zero attached hydrogens (tertiary/aromatic N) is 2. The molecule has 4 rings (SSSR count). The zero-order valence-corrected chi connectivity index (χ0v) is 20.3. The van der Waals surface area contributed by atoms with Gasteiger partial charge in [-0.25, -0.2) is 8.42 Å². The molecule has 0 bridgehead atoms. The van der Waals surface area contributed by atoms with E-state index < -0.39 is 10.0 Å². The third-order valence-corrected chi connectivity index (χ3v) is 7.75. The molecular formula is C26H29N3O4S. The first-order valence-electron chi connectivity index (χ1n) is 11.5. The second-order valence-electron chi connectivity index (χ2n) is 8.21. The number of nitrogens with one attached hydrogen (secondary N) is 1. The number of pyridine rings is 1. The van der Waals surface area contributed by atoms with Crippen molar-refractivity contribution in [3.05, 3.63) is 71.9 Å². The van der Waals surface area contributed by atoms with Gasteiger partial charge in [0, 0.05) is 18.7 Å². The fraction of sp³-hybridized carbons (Fsp3) is 0.308. The molecule has 0 aliphatic carbocycles. The van der Waals surface area contributed by atoms with Gasteiger partial charge in [-0.1, -0.05) is 36.8 Å². The number of benzene rings is 2. The summed E-state index contributed by atoms with van der Waals surface area (Å²) in [5, 5.41) is 2.84. The van der Waals surface area contributed by atoms with Gasteiger partial charge in [0.05, 0.1) is 34.1 Å². The third kappa shape index (κ3) is 5.13. The maximum atomic E-state index is 13.2. The van der Waals surface area contributed by atoms with E-state index in [0.29, 0.717) is 42.4 Å². The number of carbonyl (C=O) groups is 1. The molecule has 0 radical (unpaired) electrons. The summed E-state index contributed by atoms with van der Waals surface area (Å²) >= 11 is 0. The van der Waals surface area contributed by atoms with Gasteiger partial charge in [0.2, 0.25) is 10.0 Å². The van der Waals surface area contributed by atoms with Crippen molar-refractivity contribution in [3.8, 4) is 17.0 Å². The molecule has 178 valence electrons. The topological polar surface area (TPSA) is 88.6 Å². The van der Waals surface area contributed by atoms with Crippen LogP contribution in [-0.4, -0.2) is 43.3 Å². The highest BCUT2D eigenvalue weighted by Gasteiger charge is 2.27. The molecule has 1 N–H and O–H groups in total. The van der Waals surface area contributed by atoms with E-state index in [2.05, 4.69) is 10.3 Å². The molecule has 0 spiro atoms. The number of aryl methyl sites for hydroxylation is 1. The molecule has 0 unspecified atom stereocenters. The van der Waals surface area contributed by atoms with Gasteiger partial charge in [-0.15, -0.1) is 0 Å². The Hall–Kier alpha value is -3.23. The number of rotatable bonds is 7. The van der Waals surface area contributed by atoms with E-state index in [0.717, 1.165) is 30.5 Å². The van der Waals surface area contributed by atoms with Gasteiger partial charge in [0.1, 0.15) is 5.75 Å². The number of sulfonamides is 1. The van der Waals surface area contributed by atoms with Crippen molar-refractivity contribution in [1.82, 2.24) is 9.29 Å². The van der Waals surface area contributed by atoms with Crippen LogP contribution in [-0.2, 0) is 10.0 Å². The van der Waals surface area contributed by atoms with Crippen molar-refractivity contribution >= 4 is 21.6 Å². The van der Waals surface area contributed by atoms with Crippen LogP contribution in [0.3, 0.4) is 0 Å². The Morgan fingerprint density at radius 2 is 1.76 bits per heavy atom. The molecule has 0 atom stereocenters. The largest absolute Gasteiger partial charge is 0.492 e. The van der Waals surface area contributed by atoms with Gasteiger partial charge >= 0.3 is 0 Å². The molecule has 34 heavy (non-hydrogen) atoms. The van der Waals surface area contributed by atoms with Crippen LogP contribution in [0.25, 0.3) is 11.3 Å². The second kappa shape index (κ2) is 10.4. The molecule has 1 aromatic heterocycles. The number of aromatic nitrogens is 1. The Kier molecular flexibility index (Phi) is 7.29. The molecule has 3 aromatic rings. The van der Waals surface area contributed by atoms with Crippen LogP contribution in [0.5, 0.6) is 5.75 Å². The molecule has 2 aromatic carbocycles. The summed E-state index contributed by atoms with van der Waals surface area (Å²) in [6, 6.07) is 17.9. The zero-order chi connectivity index (χ0) is 24.1. The maximum Gasteiger partial charge on any atom is 0.257 e. The predicted molar refractivity (Wildman–Crippen MR) is 133 cm³/mol. The predicted octanol–water partition coefficient (Wildman–Crippen LogP) is 4.88. The van der Waals surface area contributed by atoms with E-state index in [1.807, 2.05) is 37.3 Å². The lowest BCUT2D eigenvalue weighted by molar-refractivity contribution is 0.102. The van der Waals surface area contributed by atoms with Crippen LogP contribution in [0.4, 0.5) is 5.69 Å². The quantitative estimate of drug-likeness (QED) is 0.522. The van der Waals surface area contributed by atoms with Crippen LogP contribution >= 0.6 is 0 Å². The molecular weight excluding hydrogens is 450 g/mol.